The number of nitrogens with zero attached hydrogens (tertiary/aromatic N) is 1. The van der Waals surface area contributed by atoms with E-state index in [4.69, 9.17) is 11.6 Å². The van der Waals surface area contributed by atoms with Gasteiger partial charge in [-0.05, 0) is 29.1 Å². The fourth-order valence-electron chi connectivity index (χ4n) is 1.98. The first kappa shape index (κ1) is 14.2. The molecule has 7 heteroatoms. The molecule has 4 nitrogen and oxygen atoms in total. The number of fused-ring (bicyclic) bond motifs is 1. The predicted molar refractivity (Wildman–Crippen MR) is 82.2 cm³/mol. The molecule has 0 saturated carbocycles. The second kappa shape index (κ2) is 5.93. The molecule has 1 aromatic carbocycles. The number of nitrogens with one attached hydrogen (secondary N) is 2. The van der Waals surface area contributed by atoms with Gasteiger partial charge in [0.2, 0.25) is 0 Å². The smallest absolute Gasteiger partial charge is 0.268 e. The monoisotopic (exact) mass is 323 g/mol. The third kappa shape index (κ3) is 3.12. The first-order valence-electron chi connectivity index (χ1n) is 6.24. The Labute approximate surface area is 128 Å². The molecular formula is C14H11ClFN3OS. The van der Waals surface area contributed by atoms with E-state index in [1.54, 1.807) is 12.1 Å². The van der Waals surface area contributed by atoms with Crippen molar-refractivity contribution in [2.45, 2.75) is 13.1 Å². The minimum absolute atomic E-state index is 0.0977. The van der Waals surface area contributed by atoms with Crippen LogP contribution in [0.25, 0.3) is 10.2 Å². The lowest BCUT2D eigenvalue weighted by Crippen LogP contribution is -2.18. The van der Waals surface area contributed by atoms with Crippen molar-refractivity contribution in [3.63, 3.8) is 0 Å². The van der Waals surface area contributed by atoms with E-state index < -0.39 is 5.82 Å². The Morgan fingerprint density at radius 1 is 1.33 bits per heavy atom. The number of halogens is 2. The minimum atomic E-state index is -0.436. The van der Waals surface area contributed by atoms with Crippen molar-refractivity contribution in [3.05, 3.63) is 62.2 Å². The Balaban J connectivity index is 1.68. The van der Waals surface area contributed by atoms with Gasteiger partial charge < -0.3 is 10.3 Å². The molecule has 0 aliphatic rings. The average Bonchev–Trinajstić information content (AvgIpc) is 2.92. The molecule has 0 aliphatic carbocycles. The lowest BCUT2D eigenvalue weighted by Gasteiger charge is -2.05. The third-order valence-corrected chi connectivity index (χ3v) is 4.16. The van der Waals surface area contributed by atoms with Crippen molar-refractivity contribution >= 4 is 33.2 Å². The molecular weight excluding hydrogens is 313 g/mol. The van der Waals surface area contributed by atoms with Gasteiger partial charge in [-0.25, -0.2) is 9.37 Å². The fourth-order valence-corrected chi connectivity index (χ4v) is 2.91. The quantitative estimate of drug-likeness (QED) is 0.776. The predicted octanol–water partition coefficient (Wildman–Crippen LogP) is 3.07. The van der Waals surface area contributed by atoms with Crippen molar-refractivity contribution in [1.82, 2.24) is 15.3 Å². The van der Waals surface area contributed by atoms with E-state index in [1.807, 2.05) is 11.4 Å². The number of thiophene rings is 1. The van der Waals surface area contributed by atoms with Gasteiger partial charge in [0.25, 0.3) is 5.56 Å². The van der Waals surface area contributed by atoms with E-state index >= 15 is 0 Å². The zero-order valence-electron chi connectivity index (χ0n) is 10.8. The van der Waals surface area contributed by atoms with Gasteiger partial charge in [-0.15, -0.1) is 11.3 Å². The topological polar surface area (TPSA) is 57.8 Å². The molecule has 108 valence electrons. The first-order chi connectivity index (χ1) is 10.1. The van der Waals surface area contributed by atoms with Crippen LogP contribution in [0.1, 0.15) is 11.4 Å². The number of hydrogen-bond acceptors (Lipinski definition) is 4. The summed E-state index contributed by atoms with van der Waals surface area (Å²) in [4.78, 5) is 18.9. The lowest BCUT2D eigenvalue weighted by atomic mass is 10.2. The zero-order valence-corrected chi connectivity index (χ0v) is 12.4. The van der Waals surface area contributed by atoms with Crippen molar-refractivity contribution < 1.29 is 4.39 Å². The van der Waals surface area contributed by atoms with Crippen LogP contribution < -0.4 is 10.9 Å². The van der Waals surface area contributed by atoms with Gasteiger partial charge in [-0.3, -0.25) is 4.79 Å². The van der Waals surface area contributed by atoms with Crippen LogP contribution >= 0.6 is 22.9 Å². The summed E-state index contributed by atoms with van der Waals surface area (Å²) >= 11 is 7.09. The van der Waals surface area contributed by atoms with E-state index in [-0.39, 0.29) is 10.6 Å². The normalized spacial score (nSPS) is 11.1. The summed E-state index contributed by atoms with van der Waals surface area (Å²) in [6.45, 7) is 0.918. The van der Waals surface area contributed by atoms with Crippen LogP contribution in [0.15, 0.2) is 34.4 Å². The van der Waals surface area contributed by atoms with E-state index in [2.05, 4.69) is 15.3 Å². The van der Waals surface area contributed by atoms with Crippen molar-refractivity contribution in [2.24, 2.45) is 0 Å². The Morgan fingerprint density at radius 2 is 2.19 bits per heavy atom. The summed E-state index contributed by atoms with van der Waals surface area (Å²) in [6.07, 6.45) is 0. The molecule has 0 saturated heterocycles. The molecule has 0 fully saturated rings. The number of aromatic amines is 1. The molecule has 0 radical (unpaired) electrons. The minimum Gasteiger partial charge on any atom is -0.308 e. The number of rotatable bonds is 4. The molecule has 0 aliphatic heterocycles. The van der Waals surface area contributed by atoms with Crippen molar-refractivity contribution in [3.8, 4) is 0 Å². The molecule has 2 heterocycles. The zero-order chi connectivity index (χ0) is 14.8. The van der Waals surface area contributed by atoms with Crippen LogP contribution in [0, 0.1) is 5.82 Å². The van der Waals surface area contributed by atoms with Crippen LogP contribution in [-0.2, 0) is 13.1 Å². The molecule has 0 spiro atoms. The standard InChI is InChI=1S/C14H11ClFN3OS/c15-9-5-8(1-2-10(9)16)6-17-7-12-18-11-3-4-21-13(11)14(20)19-12/h1-5,17H,6-7H2,(H,18,19,20). The van der Waals surface area contributed by atoms with Gasteiger partial charge in [0, 0.05) is 6.54 Å². The van der Waals surface area contributed by atoms with Crippen molar-refractivity contribution in [1.29, 1.82) is 0 Å². The third-order valence-electron chi connectivity index (χ3n) is 2.97. The highest BCUT2D eigenvalue weighted by Crippen LogP contribution is 2.16. The van der Waals surface area contributed by atoms with Crippen molar-refractivity contribution in [2.75, 3.05) is 0 Å². The molecule has 2 N–H and O–H groups in total. The highest BCUT2D eigenvalue weighted by atomic mass is 35.5. The highest BCUT2D eigenvalue weighted by Gasteiger charge is 2.05. The largest absolute Gasteiger partial charge is 0.308 e. The summed E-state index contributed by atoms with van der Waals surface area (Å²) in [7, 11) is 0. The van der Waals surface area contributed by atoms with Crippen LogP contribution in [0.4, 0.5) is 4.39 Å². The van der Waals surface area contributed by atoms with Crippen LogP contribution in [0.5, 0.6) is 0 Å². The van der Waals surface area contributed by atoms with E-state index in [0.717, 1.165) is 5.56 Å². The molecule has 0 atom stereocenters. The summed E-state index contributed by atoms with van der Waals surface area (Å²) < 4.78 is 13.7. The summed E-state index contributed by atoms with van der Waals surface area (Å²) in [5, 5.41) is 5.07. The summed E-state index contributed by atoms with van der Waals surface area (Å²) in [5.41, 5.74) is 1.43. The SMILES string of the molecule is O=c1[nH]c(CNCc2ccc(F)c(Cl)c2)nc2ccsc12. The Hall–Kier alpha value is -1.76. The van der Waals surface area contributed by atoms with E-state index in [0.29, 0.717) is 29.1 Å². The van der Waals surface area contributed by atoms with Gasteiger partial charge in [0.05, 0.1) is 17.1 Å². The highest BCUT2D eigenvalue weighted by molar-refractivity contribution is 7.17. The second-order valence-corrected chi connectivity index (χ2v) is 5.82. The Morgan fingerprint density at radius 3 is 3.00 bits per heavy atom. The average molecular weight is 324 g/mol. The van der Waals surface area contributed by atoms with Crippen LogP contribution in [0.3, 0.4) is 0 Å². The molecule has 0 amide bonds. The first-order valence-corrected chi connectivity index (χ1v) is 7.50. The Bertz CT molecular complexity index is 846. The second-order valence-electron chi connectivity index (χ2n) is 4.50. The van der Waals surface area contributed by atoms with Gasteiger partial charge in [0.15, 0.2) is 0 Å². The van der Waals surface area contributed by atoms with Crippen LogP contribution in [-0.4, -0.2) is 9.97 Å². The summed E-state index contributed by atoms with van der Waals surface area (Å²) in [6, 6.07) is 6.38. The Kier molecular flexibility index (Phi) is 4.01. The van der Waals surface area contributed by atoms with Gasteiger partial charge in [-0.1, -0.05) is 17.7 Å². The number of hydrogen-bond donors (Lipinski definition) is 2. The lowest BCUT2D eigenvalue weighted by molar-refractivity contribution is 0.624. The number of benzene rings is 1. The van der Waals surface area contributed by atoms with E-state index in [9.17, 15) is 9.18 Å². The number of H-pyrrole nitrogens is 1. The maximum absolute atomic E-state index is 13.0. The van der Waals surface area contributed by atoms with Gasteiger partial charge in [-0.2, -0.15) is 0 Å². The molecule has 0 unspecified atom stereocenters. The molecule has 3 aromatic rings. The molecule has 21 heavy (non-hydrogen) atoms. The fraction of sp³-hybridized carbons (Fsp3) is 0.143. The van der Waals surface area contributed by atoms with Gasteiger partial charge in [0.1, 0.15) is 16.3 Å². The maximum atomic E-state index is 13.0. The van der Waals surface area contributed by atoms with E-state index in [1.165, 1.54) is 17.4 Å². The summed E-state index contributed by atoms with van der Waals surface area (Å²) in [5.74, 6) is 0.133. The molecule has 3 rings (SSSR count). The van der Waals surface area contributed by atoms with Crippen LogP contribution in [0.2, 0.25) is 5.02 Å². The maximum Gasteiger partial charge on any atom is 0.268 e. The molecule has 2 aromatic heterocycles. The number of aromatic nitrogens is 2. The van der Waals surface area contributed by atoms with Gasteiger partial charge >= 0.3 is 0 Å². The molecule has 0 bridgehead atoms.